The highest BCUT2D eigenvalue weighted by molar-refractivity contribution is 6.32. The summed E-state index contributed by atoms with van der Waals surface area (Å²) in [5, 5.41) is 5.98. The normalized spacial score (nSPS) is 14.5. The maximum Gasteiger partial charge on any atom is 0.289 e. The fourth-order valence-electron chi connectivity index (χ4n) is 3.72. The van der Waals surface area contributed by atoms with Crippen molar-refractivity contribution in [1.82, 2.24) is 24.6 Å². The minimum absolute atomic E-state index is 0.0885. The molecule has 0 N–H and O–H groups in total. The molecule has 4 heterocycles. The van der Waals surface area contributed by atoms with E-state index in [1.807, 2.05) is 25.1 Å². The topological polar surface area (TPSA) is 80.3 Å². The number of aryl methyl sites for hydroxylation is 1. The third-order valence-electron chi connectivity index (χ3n) is 5.27. The predicted octanol–water partition coefficient (Wildman–Crippen LogP) is 3.33. The van der Waals surface area contributed by atoms with E-state index in [2.05, 4.69) is 20.0 Å². The lowest BCUT2D eigenvalue weighted by atomic mass is 10.2. The van der Waals surface area contributed by atoms with Gasteiger partial charge in [-0.2, -0.15) is 5.10 Å². The van der Waals surface area contributed by atoms with Crippen molar-refractivity contribution < 1.29 is 9.21 Å². The average Bonchev–Trinajstić information content (AvgIpc) is 3.45. The molecule has 1 amide bonds. The highest BCUT2D eigenvalue weighted by Gasteiger charge is 2.26. The van der Waals surface area contributed by atoms with Crippen LogP contribution >= 0.6 is 11.6 Å². The molecule has 1 aliphatic heterocycles. The molecule has 152 valence electrons. The largest absolute Gasteiger partial charge is 0.459 e. The van der Waals surface area contributed by atoms with Crippen molar-refractivity contribution in [3.8, 4) is 5.69 Å². The second kappa shape index (κ2) is 7.46. The second-order valence-electron chi connectivity index (χ2n) is 7.20. The van der Waals surface area contributed by atoms with E-state index in [1.54, 1.807) is 34.2 Å². The molecule has 0 bridgehead atoms. The van der Waals surface area contributed by atoms with Crippen LogP contribution < -0.4 is 4.90 Å². The Bertz CT molecular complexity index is 1210. The molecule has 0 saturated carbocycles. The third kappa shape index (κ3) is 3.19. The summed E-state index contributed by atoms with van der Waals surface area (Å²) in [6.07, 6.45) is 4.82. The van der Waals surface area contributed by atoms with E-state index < -0.39 is 0 Å². The first-order chi connectivity index (χ1) is 14.6. The molecule has 30 heavy (non-hydrogen) atoms. The Balaban J connectivity index is 1.42. The van der Waals surface area contributed by atoms with Crippen LogP contribution in [0, 0.1) is 6.92 Å². The number of hydrogen-bond donors (Lipinski definition) is 0. The zero-order valence-electron chi connectivity index (χ0n) is 16.3. The van der Waals surface area contributed by atoms with Crippen LogP contribution in [0.15, 0.2) is 53.5 Å². The van der Waals surface area contributed by atoms with Crippen LogP contribution in [0.25, 0.3) is 16.7 Å². The summed E-state index contributed by atoms with van der Waals surface area (Å²) in [6, 6.07) is 9.21. The molecule has 1 aliphatic rings. The first-order valence-corrected chi connectivity index (χ1v) is 10.0. The van der Waals surface area contributed by atoms with Gasteiger partial charge >= 0.3 is 0 Å². The van der Waals surface area contributed by atoms with Crippen molar-refractivity contribution in [2.45, 2.75) is 6.92 Å². The van der Waals surface area contributed by atoms with Crippen LogP contribution in [-0.2, 0) is 0 Å². The van der Waals surface area contributed by atoms with Crippen LogP contribution in [0.1, 0.15) is 16.1 Å². The van der Waals surface area contributed by atoms with Crippen molar-refractivity contribution in [3.63, 3.8) is 0 Å². The molecule has 5 rings (SSSR count). The monoisotopic (exact) mass is 422 g/mol. The van der Waals surface area contributed by atoms with Gasteiger partial charge in [0.05, 0.1) is 28.6 Å². The molecule has 1 aromatic carbocycles. The number of nitrogens with zero attached hydrogens (tertiary/aromatic N) is 6. The summed E-state index contributed by atoms with van der Waals surface area (Å²) < 4.78 is 6.98. The average molecular weight is 423 g/mol. The molecule has 0 radical (unpaired) electrons. The Morgan fingerprint density at radius 3 is 2.73 bits per heavy atom. The lowest BCUT2D eigenvalue weighted by molar-refractivity contribution is 0.0714. The van der Waals surface area contributed by atoms with E-state index in [4.69, 9.17) is 16.0 Å². The van der Waals surface area contributed by atoms with E-state index in [1.165, 1.54) is 6.26 Å². The van der Waals surface area contributed by atoms with Gasteiger partial charge in [-0.05, 0) is 36.8 Å². The number of anilines is 1. The van der Waals surface area contributed by atoms with Gasteiger partial charge in [-0.1, -0.05) is 17.7 Å². The zero-order valence-corrected chi connectivity index (χ0v) is 17.1. The molecule has 0 atom stereocenters. The second-order valence-corrected chi connectivity index (χ2v) is 7.61. The van der Waals surface area contributed by atoms with Gasteiger partial charge in [-0.15, -0.1) is 0 Å². The Morgan fingerprint density at radius 1 is 1.13 bits per heavy atom. The Labute approximate surface area is 177 Å². The lowest BCUT2D eigenvalue weighted by Crippen LogP contribution is -2.49. The first kappa shape index (κ1) is 18.6. The molecular formula is C21H19ClN6O2. The Morgan fingerprint density at radius 2 is 1.97 bits per heavy atom. The van der Waals surface area contributed by atoms with Crippen molar-refractivity contribution >= 4 is 34.4 Å². The number of carbonyl (C=O) groups is 1. The summed E-state index contributed by atoms with van der Waals surface area (Å²) in [5.74, 6) is 1.08. The standard InChI is InChI=1S/C21H19ClN6O2/c1-14-4-5-16(22)17(11-14)28-20-15(12-25-28)19(23-13-24-20)26-6-8-27(9-7-26)21(29)18-3-2-10-30-18/h2-5,10-13H,6-9H2,1H3. The summed E-state index contributed by atoms with van der Waals surface area (Å²) in [5.41, 5.74) is 2.57. The molecule has 1 saturated heterocycles. The first-order valence-electron chi connectivity index (χ1n) is 9.65. The number of benzene rings is 1. The maximum absolute atomic E-state index is 12.5. The highest BCUT2D eigenvalue weighted by Crippen LogP contribution is 2.28. The van der Waals surface area contributed by atoms with E-state index in [0.717, 1.165) is 22.5 Å². The van der Waals surface area contributed by atoms with Crippen LogP contribution in [0.3, 0.4) is 0 Å². The van der Waals surface area contributed by atoms with E-state index in [-0.39, 0.29) is 5.91 Å². The van der Waals surface area contributed by atoms with Gasteiger partial charge < -0.3 is 14.2 Å². The van der Waals surface area contributed by atoms with Crippen molar-refractivity contribution in [2.24, 2.45) is 0 Å². The number of furan rings is 1. The number of rotatable bonds is 3. The quantitative estimate of drug-likeness (QED) is 0.503. The molecule has 1 fully saturated rings. The molecule has 0 unspecified atom stereocenters. The maximum atomic E-state index is 12.5. The third-order valence-corrected chi connectivity index (χ3v) is 5.59. The molecule has 0 spiro atoms. The molecule has 3 aromatic heterocycles. The van der Waals surface area contributed by atoms with Crippen LogP contribution in [-0.4, -0.2) is 56.7 Å². The van der Waals surface area contributed by atoms with Crippen LogP contribution in [0.4, 0.5) is 5.82 Å². The number of fused-ring (bicyclic) bond motifs is 1. The van der Waals surface area contributed by atoms with Crippen molar-refractivity contribution in [1.29, 1.82) is 0 Å². The number of halogens is 1. The van der Waals surface area contributed by atoms with Crippen molar-refractivity contribution in [3.05, 3.63) is 65.5 Å². The van der Waals surface area contributed by atoms with Gasteiger partial charge in [0.25, 0.3) is 5.91 Å². The van der Waals surface area contributed by atoms with E-state index >= 15 is 0 Å². The number of carbonyl (C=O) groups excluding carboxylic acids is 1. The number of aromatic nitrogens is 4. The molecule has 4 aromatic rings. The van der Waals surface area contributed by atoms with E-state index in [0.29, 0.717) is 42.6 Å². The smallest absolute Gasteiger partial charge is 0.289 e. The predicted molar refractivity (Wildman–Crippen MR) is 113 cm³/mol. The van der Waals surface area contributed by atoms with E-state index in [9.17, 15) is 4.79 Å². The van der Waals surface area contributed by atoms with Gasteiger partial charge in [0.2, 0.25) is 0 Å². The fraction of sp³-hybridized carbons (Fsp3) is 0.238. The van der Waals surface area contributed by atoms with Gasteiger partial charge in [-0.25, -0.2) is 14.6 Å². The summed E-state index contributed by atoms with van der Waals surface area (Å²) in [4.78, 5) is 25.4. The molecule has 9 heteroatoms. The lowest BCUT2D eigenvalue weighted by Gasteiger charge is -2.35. The summed E-state index contributed by atoms with van der Waals surface area (Å²) in [6.45, 7) is 4.51. The van der Waals surface area contributed by atoms with Gasteiger partial charge in [0.15, 0.2) is 11.4 Å². The van der Waals surface area contributed by atoms with Crippen LogP contribution in [0.5, 0.6) is 0 Å². The minimum Gasteiger partial charge on any atom is -0.459 e. The minimum atomic E-state index is -0.0885. The highest BCUT2D eigenvalue weighted by atomic mass is 35.5. The fourth-order valence-corrected chi connectivity index (χ4v) is 3.92. The molecular weight excluding hydrogens is 404 g/mol. The van der Waals surface area contributed by atoms with Crippen molar-refractivity contribution in [2.75, 3.05) is 31.1 Å². The zero-order chi connectivity index (χ0) is 20.7. The Kier molecular flexibility index (Phi) is 4.63. The Hall–Kier alpha value is -3.39. The number of piperazine rings is 1. The summed E-state index contributed by atoms with van der Waals surface area (Å²) in [7, 11) is 0. The van der Waals surface area contributed by atoms with Crippen LogP contribution in [0.2, 0.25) is 5.02 Å². The number of amides is 1. The summed E-state index contributed by atoms with van der Waals surface area (Å²) >= 11 is 6.40. The molecule has 0 aliphatic carbocycles. The van der Waals surface area contributed by atoms with Gasteiger partial charge in [-0.3, -0.25) is 4.79 Å². The number of hydrogen-bond acceptors (Lipinski definition) is 6. The van der Waals surface area contributed by atoms with Gasteiger partial charge in [0.1, 0.15) is 12.1 Å². The SMILES string of the molecule is Cc1ccc(Cl)c(-n2ncc3c(N4CCN(C(=O)c5ccco5)CC4)ncnc32)c1. The molecule has 8 nitrogen and oxygen atoms in total. The van der Waals surface area contributed by atoms with Gasteiger partial charge in [0, 0.05) is 26.2 Å².